The Bertz CT molecular complexity index is 187. The third-order valence-corrected chi connectivity index (χ3v) is 3.32. The fourth-order valence-electron chi connectivity index (χ4n) is 2.41. The largest absolute Gasteiger partial charge is 0.378 e. The van der Waals surface area contributed by atoms with Gasteiger partial charge in [0.25, 0.3) is 0 Å². The third kappa shape index (κ3) is 6.14. The van der Waals surface area contributed by atoms with Gasteiger partial charge in [-0.3, -0.25) is 0 Å². The van der Waals surface area contributed by atoms with Crippen LogP contribution in [0.25, 0.3) is 0 Å². The van der Waals surface area contributed by atoms with E-state index in [-0.39, 0.29) is 6.29 Å². The summed E-state index contributed by atoms with van der Waals surface area (Å²) in [5.74, 6) is 0. The van der Waals surface area contributed by atoms with E-state index in [2.05, 4.69) is 11.8 Å². The fourth-order valence-corrected chi connectivity index (χ4v) is 2.41. The Balaban J connectivity index is 2.15. The number of ether oxygens (including phenoxy) is 3. The van der Waals surface area contributed by atoms with Crippen molar-refractivity contribution in [2.45, 2.75) is 52.4 Å². The maximum absolute atomic E-state index is 5.66. The smallest absolute Gasteiger partial charge is 0.158 e. The fraction of sp³-hybridized carbons (Fsp3) is 1.00. The Morgan fingerprint density at radius 3 is 2.11 bits per heavy atom. The van der Waals surface area contributed by atoms with Crippen LogP contribution < -0.4 is 0 Å². The lowest BCUT2D eigenvalue weighted by Crippen LogP contribution is -2.38. The second-order valence-corrected chi connectivity index (χ2v) is 4.63. The summed E-state index contributed by atoms with van der Waals surface area (Å²) >= 11 is 0. The van der Waals surface area contributed by atoms with Crippen LogP contribution in [-0.2, 0) is 14.2 Å². The lowest BCUT2D eigenvalue weighted by molar-refractivity contribution is -0.142. The molecule has 1 fully saturated rings. The molecular weight excluding hydrogens is 230 g/mol. The lowest BCUT2D eigenvalue weighted by atomic mass is 10.1. The average Bonchev–Trinajstić information content (AvgIpc) is 2.38. The van der Waals surface area contributed by atoms with Crippen LogP contribution >= 0.6 is 0 Å². The van der Waals surface area contributed by atoms with Crippen LogP contribution in [-0.4, -0.2) is 56.7 Å². The predicted molar refractivity (Wildman–Crippen MR) is 72.7 cm³/mol. The number of likely N-dealkylation sites (tertiary alicyclic amines) is 1. The Hall–Kier alpha value is -0.160. The van der Waals surface area contributed by atoms with Gasteiger partial charge in [-0.2, -0.15) is 0 Å². The van der Waals surface area contributed by atoms with E-state index in [0.717, 1.165) is 58.7 Å². The first-order valence-electron chi connectivity index (χ1n) is 7.37. The summed E-state index contributed by atoms with van der Waals surface area (Å²) in [7, 11) is 0. The van der Waals surface area contributed by atoms with Crippen LogP contribution in [0.2, 0.25) is 0 Å². The zero-order chi connectivity index (χ0) is 13.2. The molecule has 1 aliphatic rings. The summed E-state index contributed by atoms with van der Waals surface area (Å²) < 4.78 is 16.8. The topological polar surface area (TPSA) is 30.9 Å². The summed E-state index contributed by atoms with van der Waals surface area (Å²) in [5.41, 5.74) is 0. The van der Waals surface area contributed by atoms with Gasteiger partial charge in [0, 0.05) is 45.9 Å². The summed E-state index contributed by atoms with van der Waals surface area (Å²) in [4.78, 5) is 2.49. The monoisotopic (exact) mass is 259 g/mol. The zero-order valence-corrected chi connectivity index (χ0v) is 12.2. The van der Waals surface area contributed by atoms with Crippen molar-refractivity contribution in [2.24, 2.45) is 0 Å². The summed E-state index contributed by atoms with van der Waals surface area (Å²) in [6, 6.07) is 0. The van der Waals surface area contributed by atoms with Gasteiger partial charge in [-0.15, -0.1) is 0 Å². The zero-order valence-electron chi connectivity index (χ0n) is 12.2. The molecule has 0 unspecified atom stereocenters. The minimum absolute atomic E-state index is 0.0374. The van der Waals surface area contributed by atoms with Gasteiger partial charge >= 0.3 is 0 Å². The molecule has 0 atom stereocenters. The van der Waals surface area contributed by atoms with Crippen molar-refractivity contribution >= 4 is 0 Å². The van der Waals surface area contributed by atoms with E-state index < -0.39 is 0 Å². The first-order valence-corrected chi connectivity index (χ1v) is 7.37. The van der Waals surface area contributed by atoms with Gasteiger partial charge in [-0.05, 0) is 33.6 Å². The van der Waals surface area contributed by atoms with E-state index in [4.69, 9.17) is 14.2 Å². The number of hydrogen-bond donors (Lipinski definition) is 0. The Morgan fingerprint density at radius 1 is 1.00 bits per heavy atom. The molecule has 0 spiro atoms. The van der Waals surface area contributed by atoms with E-state index in [1.807, 2.05) is 13.8 Å². The molecule has 1 rings (SSSR count). The van der Waals surface area contributed by atoms with Gasteiger partial charge in [0.15, 0.2) is 6.29 Å². The minimum Gasteiger partial charge on any atom is -0.378 e. The highest BCUT2D eigenvalue weighted by Crippen LogP contribution is 2.14. The second-order valence-electron chi connectivity index (χ2n) is 4.63. The summed E-state index contributed by atoms with van der Waals surface area (Å²) in [6.07, 6.45) is 3.70. The van der Waals surface area contributed by atoms with E-state index in [1.54, 1.807) is 0 Å². The van der Waals surface area contributed by atoms with Crippen molar-refractivity contribution in [3.8, 4) is 0 Å². The lowest BCUT2D eigenvalue weighted by Gasteiger charge is -2.32. The van der Waals surface area contributed by atoms with E-state index in [1.165, 1.54) is 0 Å². The summed E-state index contributed by atoms with van der Waals surface area (Å²) in [5, 5.41) is 0. The van der Waals surface area contributed by atoms with Gasteiger partial charge in [-0.25, -0.2) is 0 Å². The number of nitrogens with zero attached hydrogens (tertiary/aromatic N) is 1. The number of hydrogen-bond acceptors (Lipinski definition) is 4. The van der Waals surface area contributed by atoms with Crippen LogP contribution in [0, 0.1) is 0 Å². The predicted octanol–water partition coefficient (Wildman–Crippen LogP) is 2.28. The van der Waals surface area contributed by atoms with Crippen molar-refractivity contribution in [3.05, 3.63) is 0 Å². The van der Waals surface area contributed by atoms with Crippen LogP contribution in [0.5, 0.6) is 0 Å². The number of rotatable bonds is 9. The molecule has 0 aliphatic carbocycles. The normalized spacial score (nSPS) is 18.7. The molecule has 0 aromatic rings. The Morgan fingerprint density at radius 2 is 1.61 bits per heavy atom. The van der Waals surface area contributed by atoms with Crippen LogP contribution in [0.15, 0.2) is 0 Å². The summed E-state index contributed by atoms with van der Waals surface area (Å²) in [6.45, 7) is 11.7. The maximum Gasteiger partial charge on any atom is 0.158 e. The highest BCUT2D eigenvalue weighted by molar-refractivity contribution is 4.72. The van der Waals surface area contributed by atoms with Gasteiger partial charge in [0.05, 0.1) is 6.10 Å². The van der Waals surface area contributed by atoms with Crippen molar-refractivity contribution in [1.29, 1.82) is 0 Å². The molecule has 1 aliphatic heterocycles. The molecule has 4 nitrogen and oxygen atoms in total. The van der Waals surface area contributed by atoms with Crippen LogP contribution in [0.3, 0.4) is 0 Å². The van der Waals surface area contributed by atoms with Crippen molar-refractivity contribution in [1.82, 2.24) is 4.90 Å². The van der Waals surface area contributed by atoms with E-state index in [9.17, 15) is 0 Å². The molecule has 0 saturated carbocycles. The van der Waals surface area contributed by atoms with E-state index >= 15 is 0 Å². The molecular formula is C14H29NO3. The molecule has 0 aromatic heterocycles. The van der Waals surface area contributed by atoms with Crippen LogP contribution in [0.4, 0.5) is 0 Å². The first-order chi connectivity index (χ1) is 8.80. The van der Waals surface area contributed by atoms with Gasteiger partial charge in [-0.1, -0.05) is 0 Å². The molecule has 0 N–H and O–H groups in total. The Kier molecular flexibility index (Phi) is 8.59. The SMILES string of the molecule is CCOC1CCN(CCC(OCC)OCC)CC1. The molecule has 0 amide bonds. The molecule has 4 heteroatoms. The molecule has 108 valence electrons. The highest BCUT2D eigenvalue weighted by atomic mass is 16.7. The molecule has 1 saturated heterocycles. The van der Waals surface area contributed by atoms with Gasteiger partial charge < -0.3 is 19.1 Å². The van der Waals surface area contributed by atoms with Gasteiger partial charge in [0.2, 0.25) is 0 Å². The van der Waals surface area contributed by atoms with Gasteiger partial charge in [0.1, 0.15) is 0 Å². The molecule has 0 bridgehead atoms. The van der Waals surface area contributed by atoms with Crippen molar-refractivity contribution < 1.29 is 14.2 Å². The van der Waals surface area contributed by atoms with E-state index in [0.29, 0.717) is 6.10 Å². The quantitative estimate of drug-likeness (QED) is 0.594. The average molecular weight is 259 g/mol. The van der Waals surface area contributed by atoms with Crippen molar-refractivity contribution in [2.75, 3.05) is 39.5 Å². The first kappa shape index (κ1) is 15.9. The standard InChI is InChI=1S/C14H29NO3/c1-4-16-13-7-10-15(11-8-13)12-9-14(17-5-2)18-6-3/h13-14H,4-12H2,1-3H3. The molecule has 18 heavy (non-hydrogen) atoms. The second kappa shape index (κ2) is 9.73. The third-order valence-electron chi connectivity index (χ3n) is 3.32. The molecule has 0 radical (unpaired) electrons. The maximum atomic E-state index is 5.66. The number of piperidine rings is 1. The Labute approximate surface area is 112 Å². The van der Waals surface area contributed by atoms with Crippen LogP contribution in [0.1, 0.15) is 40.0 Å². The molecule has 0 aromatic carbocycles. The molecule has 1 heterocycles. The van der Waals surface area contributed by atoms with Crippen molar-refractivity contribution in [3.63, 3.8) is 0 Å². The minimum atomic E-state index is -0.0374. The highest BCUT2D eigenvalue weighted by Gasteiger charge is 2.20.